The fourth-order valence-corrected chi connectivity index (χ4v) is 2.63. The van der Waals surface area contributed by atoms with Crippen LogP contribution in [0.25, 0.3) is 0 Å². The molecule has 0 spiro atoms. The zero-order valence-electron chi connectivity index (χ0n) is 9.93. The van der Waals surface area contributed by atoms with E-state index in [9.17, 15) is 18.0 Å². The molecule has 0 saturated carbocycles. The minimum Gasteiger partial charge on any atom is -0.405 e. The minimum absolute atomic E-state index is 0.0479. The summed E-state index contributed by atoms with van der Waals surface area (Å²) in [5, 5.41) is 0. The van der Waals surface area contributed by atoms with Crippen LogP contribution in [0, 0.1) is 0 Å². The summed E-state index contributed by atoms with van der Waals surface area (Å²) in [6, 6.07) is 4.24. The first-order valence-electron chi connectivity index (χ1n) is 5.44. The highest BCUT2D eigenvalue weighted by Gasteiger charge is 2.32. The van der Waals surface area contributed by atoms with E-state index in [1.165, 1.54) is 18.2 Å². The first-order valence-corrected chi connectivity index (χ1v) is 7.14. The number of hydrogen-bond acceptors (Lipinski definition) is 2. The molecule has 0 aromatic heterocycles. The van der Waals surface area contributed by atoms with Crippen LogP contribution >= 0.6 is 31.9 Å². The topological polar surface area (TPSA) is 26.3 Å². The second-order valence-corrected chi connectivity index (χ2v) is 5.76. The Balaban J connectivity index is 2.80. The van der Waals surface area contributed by atoms with Gasteiger partial charge in [-0.15, -0.1) is 13.2 Å². The lowest BCUT2D eigenvalue weighted by Crippen LogP contribution is -2.18. The third kappa shape index (κ3) is 5.52. The van der Waals surface area contributed by atoms with Crippen molar-refractivity contribution in [1.29, 1.82) is 0 Å². The molecule has 0 aliphatic carbocycles. The number of ketones is 1. The monoisotopic (exact) mass is 402 g/mol. The molecule has 7 heteroatoms. The number of halogens is 5. The van der Waals surface area contributed by atoms with Crippen LogP contribution in [0.3, 0.4) is 0 Å². The summed E-state index contributed by atoms with van der Waals surface area (Å²) in [6.07, 6.45) is -3.90. The number of carbonyl (C=O) groups is 1. The van der Waals surface area contributed by atoms with Crippen molar-refractivity contribution in [3.8, 4) is 5.75 Å². The van der Waals surface area contributed by atoms with Gasteiger partial charge in [0, 0.05) is 6.42 Å². The molecular weight excluding hydrogens is 393 g/mol. The maximum atomic E-state index is 12.1. The molecule has 0 heterocycles. The van der Waals surface area contributed by atoms with Gasteiger partial charge < -0.3 is 4.74 Å². The molecule has 2 nitrogen and oxygen atoms in total. The largest absolute Gasteiger partial charge is 0.573 e. The molecule has 0 radical (unpaired) electrons. The highest BCUT2D eigenvalue weighted by Crippen LogP contribution is 2.31. The van der Waals surface area contributed by atoms with Gasteiger partial charge in [-0.2, -0.15) is 0 Å². The van der Waals surface area contributed by atoms with Crippen LogP contribution < -0.4 is 4.74 Å². The molecule has 1 aromatic carbocycles. The minimum atomic E-state index is -4.72. The molecule has 0 fully saturated rings. The molecule has 0 amide bonds. The highest BCUT2D eigenvalue weighted by molar-refractivity contribution is 9.10. The normalized spacial score (nSPS) is 13.2. The summed E-state index contributed by atoms with van der Waals surface area (Å²) in [5.74, 6) is -0.254. The maximum absolute atomic E-state index is 12.1. The Morgan fingerprint density at radius 3 is 2.53 bits per heavy atom. The van der Waals surface area contributed by atoms with E-state index in [-0.39, 0.29) is 20.8 Å². The van der Waals surface area contributed by atoms with Gasteiger partial charge in [0.25, 0.3) is 0 Å². The Kier molecular flexibility index (Phi) is 5.85. The van der Waals surface area contributed by atoms with E-state index >= 15 is 0 Å². The van der Waals surface area contributed by atoms with Gasteiger partial charge in [0.1, 0.15) is 11.5 Å². The summed E-state index contributed by atoms with van der Waals surface area (Å²) < 4.78 is 40.3. The van der Waals surface area contributed by atoms with E-state index in [0.29, 0.717) is 12.8 Å². The zero-order valence-corrected chi connectivity index (χ0v) is 13.1. The first kappa shape index (κ1) is 16.5. The van der Waals surface area contributed by atoms with Crippen LogP contribution in [0.4, 0.5) is 13.2 Å². The van der Waals surface area contributed by atoms with Gasteiger partial charge in [-0.05, 0) is 40.0 Å². The van der Waals surface area contributed by atoms with Crippen molar-refractivity contribution < 1.29 is 22.7 Å². The number of rotatable bonds is 5. The average Bonchev–Trinajstić information content (AvgIpc) is 2.30. The second-order valence-electron chi connectivity index (χ2n) is 3.80. The number of alkyl halides is 4. The molecule has 0 aliphatic rings. The fourth-order valence-electron chi connectivity index (χ4n) is 1.42. The lowest BCUT2D eigenvalue weighted by molar-refractivity contribution is -0.274. The first-order chi connectivity index (χ1) is 8.73. The van der Waals surface area contributed by atoms with Gasteiger partial charge in [-0.1, -0.05) is 28.9 Å². The van der Waals surface area contributed by atoms with Crippen molar-refractivity contribution in [2.75, 3.05) is 0 Å². The summed E-state index contributed by atoms with van der Waals surface area (Å²) in [7, 11) is 0. The highest BCUT2D eigenvalue weighted by atomic mass is 79.9. The number of carbonyl (C=O) groups excluding carboxylic acids is 1. The van der Waals surface area contributed by atoms with Crippen LogP contribution in [0.5, 0.6) is 5.75 Å². The Bertz CT molecular complexity index is 461. The number of ether oxygens (including phenoxy) is 1. The van der Waals surface area contributed by atoms with Crippen LogP contribution in [-0.4, -0.2) is 17.0 Å². The average molecular weight is 404 g/mol. The lowest BCUT2D eigenvalue weighted by atomic mass is 10.1. The number of hydrogen-bond donors (Lipinski definition) is 0. The van der Waals surface area contributed by atoms with E-state index in [0.717, 1.165) is 5.56 Å². The van der Waals surface area contributed by atoms with E-state index < -0.39 is 6.36 Å². The predicted molar refractivity (Wildman–Crippen MR) is 72.5 cm³/mol. The maximum Gasteiger partial charge on any atom is 0.573 e. The van der Waals surface area contributed by atoms with Gasteiger partial charge in [-0.25, -0.2) is 0 Å². The van der Waals surface area contributed by atoms with E-state index in [4.69, 9.17) is 0 Å². The Morgan fingerprint density at radius 1 is 1.42 bits per heavy atom. The van der Waals surface area contributed by atoms with Crippen molar-refractivity contribution in [3.05, 3.63) is 28.2 Å². The van der Waals surface area contributed by atoms with Crippen molar-refractivity contribution in [3.63, 3.8) is 0 Å². The van der Waals surface area contributed by atoms with E-state index in [1.807, 2.05) is 0 Å². The van der Waals surface area contributed by atoms with Gasteiger partial charge in [0.2, 0.25) is 0 Å². The van der Waals surface area contributed by atoms with Crippen LogP contribution in [0.15, 0.2) is 22.7 Å². The SMILES string of the molecule is CCC(=O)C(Br)Cc1ccc(OC(F)(F)F)c(Br)c1. The number of Topliss-reactive ketones (excluding diaryl/α,β-unsaturated/α-hetero) is 1. The van der Waals surface area contributed by atoms with Gasteiger partial charge in [-0.3, -0.25) is 4.79 Å². The van der Waals surface area contributed by atoms with Gasteiger partial charge in [0.15, 0.2) is 0 Å². The van der Waals surface area contributed by atoms with Crippen molar-refractivity contribution in [1.82, 2.24) is 0 Å². The summed E-state index contributed by atoms with van der Waals surface area (Å²) in [6.45, 7) is 1.76. The van der Waals surface area contributed by atoms with Crippen LogP contribution in [0.2, 0.25) is 0 Å². The van der Waals surface area contributed by atoms with Crippen LogP contribution in [0.1, 0.15) is 18.9 Å². The van der Waals surface area contributed by atoms with Crippen molar-refractivity contribution in [2.24, 2.45) is 0 Å². The summed E-state index contributed by atoms with van der Waals surface area (Å²) in [5.41, 5.74) is 0.741. The third-order valence-electron chi connectivity index (χ3n) is 2.33. The van der Waals surface area contributed by atoms with Crippen molar-refractivity contribution in [2.45, 2.75) is 31.0 Å². The molecule has 0 aliphatic heterocycles. The summed E-state index contributed by atoms with van der Waals surface area (Å²) in [4.78, 5) is 11.1. The molecule has 1 unspecified atom stereocenters. The standard InChI is InChI=1S/C12H11Br2F3O2/c1-2-10(18)8(13)5-7-3-4-11(9(14)6-7)19-12(15,16)17/h3-4,6,8H,2,5H2,1H3. The molecule has 1 aromatic rings. The molecular formula is C12H11Br2F3O2. The Morgan fingerprint density at radius 2 is 2.05 bits per heavy atom. The second kappa shape index (κ2) is 6.74. The Labute approximate surface area is 125 Å². The fraction of sp³-hybridized carbons (Fsp3) is 0.417. The van der Waals surface area contributed by atoms with Gasteiger partial charge >= 0.3 is 6.36 Å². The smallest absolute Gasteiger partial charge is 0.405 e. The lowest BCUT2D eigenvalue weighted by Gasteiger charge is -2.12. The molecule has 0 saturated heterocycles. The zero-order chi connectivity index (χ0) is 14.6. The molecule has 1 atom stereocenters. The number of benzene rings is 1. The van der Waals surface area contributed by atoms with E-state index in [1.54, 1.807) is 6.92 Å². The molecule has 19 heavy (non-hydrogen) atoms. The quantitative estimate of drug-likeness (QED) is 0.670. The molecule has 106 valence electrons. The molecule has 0 bridgehead atoms. The predicted octanol–water partition coefficient (Wildman–Crippen LogP) is 4.63. The molecule has 0 N–H and O–H groups in total. The molecule has 1 rings (SSSR count). The third-order valence-corrected chi connectivity index (χ3v) is 3.79. The Hall–Kier alpha value is -0.560. The van der Waals surface area contributed by atoms with E-state index in [2.05, 4.69) is 36.6 Å². The van der Waals surface area contributed by atoms with Crippen molar-refractivity contribution >= 4 is 37.6 Å². The summed E-state index contributed by atoms with van der Waals surface area (Å²) >= 11 is 6.27. The van der Waals surface area contributed by atoms with Crippen LogP contribution in [-0.2, 0) is 11.2 Å². The van der Waals surface area contributed by atoms with Gasteiger partial charge in [0.05, 0.1) is 9.30 Å².